The molecule has 0 N–H and O–H groups in total. The fourth-order valence-corrected chi connectivity index (χ4v) is 3.44. The quantitative estimate of drug-likeness (QED) is 0.446. The van der Waals surface area contributed by atoms with Crippen LogP contribution in [0.4, 0.5) is 11.4 Å². The van der Waals surface area contributed by atoms with Crippen molar-refractivity contribution in [1.82, 2.24) is 0 Å². The number of hydrogen-bond acceptors (Lipinski definition) is 3. The van der Waals surface area contributed by atoms with Gasteiger partial charge in [-0.15, -0.1) is 0 Å². The molecule has 2 aromatic rings. The molecule has 0 aromatic heterocycles. The van der Waals surface area contributed by atoms with Gasteiger partial charge < -0.3 is 0 Å². The minimum absolute atomic E-state index is 0.158. The highest BCUT2D eigenvalue weighted by molar-refractivity contribution is 6.33. The zero-order chi connectivity index (χ0) is 18.7. The Morgan fingerprint density at radius 1 is 1.12 bits per heavy atom. The largest absolute Gasteiger partial charge is 0.300 e. The molecule has 0 spiro atoms. The van der Waals surface area contributed by atoms with Crippen LogP contribution in [-0.2, 0) is 10.2 Å². The minimum Gasteiger partial charge on any atom is -0.300 e. The molecule has 4 nitrogen and oxygen atoms in total. The second kappa shape index (κ2) is 7.24. The molecule has 0 saturated carbocycles. The summed E-state index contributed by atoms with van der Waals surface area (Å²) in [6.07, 6.45) is 2.46. The number of carbonyl (C=O) groups excluding carboxylic acids is 1. The van der Waals surface area contributed by atoms with E-state index in [-0.39, 0.29) is 11.2 Å². The van der Waals surface area contributed by atoms with E-state index in [0.717, 1.165) is 11.4 Å². The van der Waals surface area contributed by atoms with E-state index in [1.54, 1.807) is 6.92 Å². The van der Waals surface area contributed by atoms with Gasteiger partial charge in [0.2, 0.25) is 11.4 Å². The lowest BCUT2D eigenvalue weighted by atomic mass is 9.82. The molecule has 1 aliphatic rings. The molecule has 1 heterocycles. The average molecular weight is 348 g/mol. The van der Waals surface area contributed by atoms with E-state index in [4.69, 9.17) is 0 Å². The van der Waals surface area contributed by atoms with Gasteiger partial charge in [0.1, 0.15) is 12.0 Å². The predicted octanol–water partition coefficient (Wildman–Crippen LogP) is 4.16. The van der Waals surface area contributed by atoms with Crippen molar-refractivity contribution < 1.29 is 9.37 Å². The molecule has 0 atom stereocenters. The van der Waals surface area contributed by atoms with Crippen LogP contribution in [0.25, 0.3) is 0 Å². The first-order chi connectivity index (χ1) is 12.4. The molecule has 4 heteroatoms. The summed E-state index contributed by atoms with van der Waals surface area (Å²) in [5.74, 6) is 0.199. The predicted molar refractivity (Wildman–Crippen MR) is 108 cm³/mol. The van der Waals surface area contributed by atoms with E-state index in [1.807, 2.05) is 54.7 Å². The van der Waals surface area contributed by atoms with Crippen molar-refractivity contribution in [1.29, 1.82) is 0 Å². The molecule has 3 rings (SSSR count). The van der Waals surface area contributed by atoms with Crippen molar-refractivity contribution in [2.24, 2.45) is 5.10 Å². The zero-order valence-electron chi connectivity index (χ0n) is 15.9. The summed E-state index contributed by atoms with van der Waals surface area (Å²) >= 11 is 0. The van der Waals surface area contributed by atoms with Crippen LogP contribution < -0.4 is 5.01 Å². The Kier molecular flexibility index (Phi) is 5.03. The van der Waals surface area contributed by atoms with Crippen molar-refractivity contribution >= 4 is 29.1 Å². The summed E-state index contributed by atoms with van der Waals surface area (Å²) in [5, 5.41) is 6.55. The van der Waals surface area contributed by atoms with Crippen LogP contribution in [-0.4, -0.2) is 35.9 Å². The second-order valence-electron chi connectivity index (χ2n) is 7.23. The number of hydrogen-bond donors (Lipinski definition) is 0. The van der Waals surface area contributed by atoms with Crippen LogP contribution in [0.15, 0.2) is 59.7 Å². The van der Waals surface area contributed by atoms with Gasteiger partial charge in [-0.05, 0) is 32.9 Å². The number of benzene rings is 2. The number of hydrazone groups is 1. The lowest BCUT2D eigenvalue weighted by molar-refractivity contribution is -0.435. The Morgan fingerprint density at radius 3 is 2.46 bits per heavy atom. The number of carbonyl (C=O) groups is 1. The molecule has 1 aliphatic heterocycles. The molecule has 0 aliphatic carbocycles. The van der Waals surface area contributed by atoms with Crippen molar-refractivity contribution in [2.45, 2.75) is 32.6 Å². The Labute approximate surface area is 155 Å². The summed E-state index contributed by atoms with van der Waals surface area (Å²) in [6.45, 7) is 6.74. The lowest BCUT2D eigenvalue weighted by Gasteiger charge is -2.16. The number of para-hydroxylation sites is 2. The third-order valence-corrected chi connectivity index (χ3v) is 4.97. The van der Waals surface area contributed by atoms with Gasteiger partial charge in [-0.3, -0.25) is 9.80 Å². The average Bonchev–Trinajstić information content (AvgIpc) is 2.85. The Morgan fingerprint density at radius 2 is 1.77 bits per heavy atom. The fraction of sp³-hybridized carbons (Fsp3) is 0.318. The van der Waals surface area contributed by atoms with Gasteiger partial charge in [0.25, 0.3) is 0 Å². The highest BCUT2D eigenvalue weighted by Crippen LogP contribution is 2.38. The monoisotopic (exact) mass is 348 g/mol. The maximum atomic E-state index is 11.6. The molecule has 0 radical (unpaired) electrons. The van der Waals surface area contributed by atoms with Crippen molar-refractivity contribution in [3.63, 3.8) is 0 Å². The van der Waals surface area contributed by atoms with Gasteiger partial charge in [-0.1, -0.05) is 36.4 Å². The maximum Gasteiger partial charge on any atom is 0.212 e. The standard InChI is InChI=1S/C22H26N3O/c1-17(26)14-15-25-20-13-9-8-12-19(20)22(2,3)21(25)16-23-24(4)18-10-6-5-7-11-18/h5-13,16H,14-15H2,1-4H3/q+1. The molecule has 0 amide bonds. The molecule has 2 aromatic carbocycles. The molecule has 0 fully saturated rings. The summed E-state index contributed by atoms with van der Waals surface area (Å²) < 4.78 is 2.24. The van der Waals surface area contributed by atoms with Crippen LogP contribution in [0, 0.1) is 0 Å². The van der Waals surface area contributed by atoms with Crippen molar-refractivity contribution in [2.75, 3.05) is 18.6 Å². The highest BCUT2D eigenvalue weighted by atomic mass is 16.1. The SMILES string of the molecule is CC(=O)CC[N+]1=C(/C=N/N(C)c2ccccc2)C(C)(C)c2ccccc21. The van der Waals surface area contributed by atoms with E-state index in [2.05, 4.69) is 41.7 Å². The molecule has 26 heavy (non-hydrogen) atoms. The van der Waals surface area contributed by atoms with Gasteiger partial charge >= 0.3 is 0 Å². The number of anilines is 1. The Balaban J connectivity index is 1.99. The van der Waals surface area contributed by atoms with Gasteiger partial charge in [-0.25, -0.2) is 0 Å². The van der Waals surface area contributed by atoms with E-state index in [0.29, 0.717) is 13.0 Å². The van der Waals surface area contributed by atoms with E-state index in [9.17, 15) is 4.79 Å². The Bertz CT molecular complexity index is 866. The summed E-state index contributed by atoms with van der Waals surface area (Å²) in [7, 11) is 1.95. The number of nitrogens with zero attached hydrogens (tertiary/aromatic N) is 3. The van der Waals surface area contributed by atoms with E-state index >= 15 is 0 Å². The van der Waals surface area contributed by atoms with Crippen molar-refractivity contribution in [3.8, 4) is 0 Å². The van der Waals surface area contributed by atoms with E-state index in [1.165, 1.54) is 11.3 Å². The third kappa shape index (κ3) is 3.45. The maximum absolute atomic E-state index is 11.6. The Hall–Kier alpha value is -2.75. The first-order valence-corrected chi connectivity index (χ1v) is 8.98. The van der Waals surface area contributed by atoms with Crippen LogP contribution in [0.3, 0.4) is 0 Å². The number of fused-ring (bicyclic) bond motifs is 1. The van der Waals surface area contributed by atoms with Crippen LogP contribution in [0.1, 0.15) is 32.8 Å². The van der Waals surface area contributed by atoms with Crippen molar-refractivity contribution in [3.05, 3.63) is 60.2 Å². The molecule has 0 unspecified atom stereocenters. The number of ketones is 1. The molecular weight excluding hydrogens is 322 g/mol. The molecule has 0 bridgehead atoms. The van der Waals surface area contributed by atoms with Crippen LogP contribution in [0.5, 0.6) is 0 Å². The van der Waals surface area contributed by atoms with E-state index < -0.39 is 0 Å². The van der Waals surface area contributed by atoms with Crippen LogP contribution in [0.2, 0.25) is 0 Å². The number of rotatable bonds is 6. The molecule has 134 valence electrons. The first-order valence-electron chi connectivity index (χ1n) is 8.98. The first kappa shape index (κ1) is 18.1. The zero-order valence-corrected chi connectivity index (χ0v) is 15.9. The highest BCUT2D eigenvalue weighted by Gasteiger charge is 2.44. The third-order valence-electron chi connectivity index (χ3n) is 4.97. The van der Waals surface area contributed by atoms with Gasteiger partial charge in [-0.2, -0.15) is 9.68 Å². The minimum atomic E-state index is -0.158. The van der Waals surface area contributed by atoms with Crippen LogP contribution >= 0.6 is 0 Å². The second-order valence-corrected chi connectivity index (χ2v) is 7.23. The fourth-order valence-electron chi connectivity index (χ4n) is 3.44. The summed E-state index contributed by atoms with van der Waals surface area (Å²) in [6, 6.07) is 18.5. The number of Topliss-reactive ketones (excluding diaryl/α,β-unsaturated/α-hetero) is 1. The normalized spacial score (nSPS) is 15.4. The van der Waals surface area contributed by atoms with Gasteiger partial charge in [0, 0.05) is 18.7 Å². The lowest BCUT2D eigenvalue weighted by Crippen LogP contribution is -2.32. The van der Waals surface area contributed by atoms with Gasteiger partial charge in [0.15, 0.2) is 6.54 Å². The molecule has 0 saturated heterocycles. The van der Waals surface area contributed by atoms with Gasteiger partial charge in [0.05, 0.1) is 17.5 Å². The summed E-state index contributed by atoms with van der Waals surface area (Å²) in [4.78, 5) is 11.6. The summed E-state index contributed by atoms with van der Waals surface area (Å²) in [5.41, 5.74) is 4.43. The topological polar surface area (TPSA) is 35.7 Å². The smallest absolute Gasteiger partial charge is 0.212 e. The molecular formula is C22H26N3O+.